The molecule has 0 aromatic carbocycles. The number of aliphatic hydroxyl groups excluding tert-OH is 1. The minimum atomic E-state index is -0.0465. The summed E-state index contributed by atoms with van der Waals surface area (Å²) in [5, 5.41) is 12.3. The predicted molar refractivity (Wildman–Crippen MR) is 87.3 cm³/mol. The van der Waals surface area contributed by atoms with Crippen LogP contribution in [0, 0.1) is 11.3 Å². The van der Waals surface area contributed by atoms with Crippen molar-refractivity contribution in [3.8, 4) is 0 Å². The number of rotatable bonds is 7. The van der Waals surface area contributed by atoms with Gasteiger partial charge in [-0.2, -0.15) is 0 Å². The van der Waals surface area contributed by atoms with Crippen molar-refractivity contribution in [2.24, 2.45) is 11.3 Å². The Balaban J connectivity index is 2.39. The van der Waals surface area contributed by atoms with E-state index in [4.69, 9.17) is 0 Å². The highest BCUT2D eigenvalue weighted by molar-refractivity contribution is 5.74. The van der Waals surface area contributed by atoms with Crippen molar-refractivity contribution in [2.45, 2.75) is 72.3 Å². The number of likely N-dealkylation sites (tertiary alicyclic amines) is 1. The van der Waals surface area contributed by atoms with Gasteiger partial charge in [-0.25, -0.2) is 4.79 Å². The van der Waals surface area contributed by atoms with Gasteiger partial charge in [0.1, 0.15) is 0 Å². The maximum Gasteiger partial charge on any atom is 0.317 e. The average molecular weight is 298 g/mol. The summed E-state index contributed by atoms with van der Waals surface area (Å²) < 4.78 is 0. The molecule has 0 aromatic heterocycles. The number of carbonyl (C=O) groups is 1. The summed E-state index contributed by atoms with van der Waals surface area (Å²) in [7, 11) is 0. The molecule has 124 valence electrons. The number of piperidine rings is 1. The van der Waals surface area contributed by atoms with Crippen LogP contribution in [0.25, 0.3) is 0 Å². The molecule has 21 heavy (non-hydrogen) atoms. The van der Waals surface area contributed by atoms with Gasteiger partial charge in [0.15, 0.2) is 0 Å². The Hall–Kier alpha value is -0.770. The summed E-state index contributed by atoms with van der Waals surface area (Å²) in [6.07, 6.45) is 6.43. The van der Waals surface area contributed by atoms with E-state index in [1.54, 1.807) is 0 Å². The number of amides is 2. The lowest BCUT2D eigenvalue weighted by Crippen LogP contribution is -2.51. The summed E-state index contributed by atoms with van der Waals surface area (Å²) in [5.74, 6) is 0.609. The quantitative estimate of drug-likeness (QED) is 0.708. The first-order valence-electron chi connectivity index (χ1n) is 8.56. The van der Waals surface area contributed by atoms with Crippen molar-refractivity contribution in [3.05, 3.63) is 0 Å². The maximum atomic E-state index is 12.4. The van der Waals surface area contributed by atoms with Gasteiger partial charge < -0.3 is 15.3 Å². The van der Waals surface area contributed by atoms with Crippen molar-refractivity contribution in [1.82, 2.24) is 10.2 Å². The molecule has 0 spiro atoms. The number of nitrogens with zero attached hydrogens (tertiary/aromatic N) is 1. The van der Waals surface area contributed by atoms with Crippen molar-refractivity contribution >= 4 is 6.03 Å². The molecular weight excluding hydrogens is 264 g/mol. The number of hydrogen-bond acceptors (Lipinski definition) is 2. The first-order chi connectivity index (χ1) is 9.91. The highest BCUT2D eigenvalue weighted by Crippen LogP contribution is 2.26. The molecule has 1 saturated heterocycles. The van der Waals surface area contributed by atoms with E-state index in [2.05, 4.69) is 37.9 Å². The second kappa shape index (κ2) is 8.62. The SMILES string of the molecule is CCCC1C(C)CCCN1C(=O)NCCCC(C)(C)CO. The molecule has 0 bridgehead atoms. The fourth-order valence-corrected chi connectivity index (χ4v) is 3.18. The van der Waals surface area contributed by atoms with E-state index in [1.165, 1.54) is 6.42 Å². The topological polar surface area (TPSA) is 52.6 Å². The molecule has 4 heteroatoms. The van der Waals surface area contributed by atoms with Crippen molar-refractivity contribution in [2.75, 3.05) is 19.7 Å². The molecule has 1 rings (SSSR count). The fourth-order valence-electron chi connectivity index (χ4n) is 3.18. The van der Waals surface area contributed by atoms with Crippen molar-refractivity contribution in [1.29, 1.82) is 0 Å². The van der Waals surface area contributed by atoms with Gasteiger partial charge in [-0.05, 0) is 43.4 Å². The van der Waals surface area contributed by atoms with Gasteiger partial charge in [0.25, 0.3) is 0 Å². The Kier molecular flexibility index (Phi) is 7.50. The van der Waals surface area contributed by atoms with Gasteiger partial charge in [-0.1, -0.05) is 34.1 Å². The molecular formula is C17H34N2O2. The third kappa shape index (κ3) is 5.85. The lowest BCUT2D eigenvalue weighted by Gasteiger charge is -2.40. The Morgan fingerprint density at radius 3 is 2.76 bits per heavy atom. The van der Waals surface area contributed by atoms with E-state index < -0.39 is 0 Å². The van der Waals surface area contributed by atoms with Gasteiger partial charge in [0.2, 0.25) is 0 Å². The molecule has 2 amide bonds. The molecule has 2 atom stereocenters. The molecule has 1 fully saturated rings. The summed E-state index contributed by atoms with van der Waals surface area (Å²) in [4.78, 5) is 14.4. The van der Waals surface area contributed by atoms with Crippen LogP contribution < -0.4 is 5.32 Å². The predicted octanol–water partition coefficient (Wildman–Crippen LogP) is 3.40. The normalized spacial score (nSPS) is 23.2. The maximum absolute atomic E-state index is 12.4. The molecule has 1 aliphatic rings. The molecule has 1 aliphatic heterocycles. The molecule has 4 nitrogen and oxygen atoms in total. The van der Waals surface area contributed by atoms with E-state index in [0.717, 1.165) is 38.6 Å². The van der Waals surface area contributed by atoms with Gasteiger partial charge in [-0.15, -0.1) is 0 Å². The Bertz CT molecular complexity index is 318. The second-order valence-electron chi connectivity index (χ2n) is 7.33. The number of hydrogen-bond donors (Lipinski definition) is 2. The van der Waals surface area contributed by atoms with Crippen LogP contribution in [0.15, 0.2) is 0 Å². The molecule has 0 aliphatic carbocycles. The zero-order chi connectivity index (χ0) is 15.9. The third-order valence-corrected chi connectivity index (χ3v) is 4.70. The Morgan fingerprint density at radius 2 is 2.14 bits per heavy atom. The second-order valence-corrected chi connectivity index (χ2v) is 7.33. The minimum absolute atomic E-state index is 0.0465. The van der Waals surface area contributed by atoms with Gasteiger partial charge in [0.05, 0.1) is 0 Å². The minimum Gasteiger partial charge on any atom is -0.396 e. The summed E-state index contributed by atoms with van der Waals surface area (Å²) in [6, 6.07) is 0.499. The van der Waals surface area contributed by atoms with Crippen LogP contribution in [-0.2, 0) is 0 Å². The van der Waals surface area contributed by atoms with E-state index >= 15 is 0 Å². The van der Waals surface area contributed by atoms with Crippen molar-refractivity contribution < 1.29 is 9.90 Å². The monoisotopic (exact) mass is 298 g/mol. The first-order valence-corrected chi connectivity index (χ1v) is 8.56. The fraction of sp³-hybridized carbons (Fsp3) is 0.941. The lowest BCUT2D eigenvalue weighted by molar-refractivity contribution is 0.112. The Labute approximate surface area is 130 Å². The summed E-state index contributed by atoms with van der Waals surface area (Å²) in [5.41, 5.74) is -0.0465. The summed E-state index contributed by atoms with van der Waals surface area (Å²) >= 11 is 0. The van der Waals surface area contributed by atoms with Crippen molar-refractivity contribution in [3.63, 3.8) is 0 Å². The average Bonchev–Trinajstić information content (AvgIpc) is 2.45. The standard InChI is InChI=1S/C17H34N2O2/c1-5-8-15-14(2)9-6-12-19(15)16(21)18-11-7-10-17(3,4)13-20/h14-15,20H,5-13H2,1-4H3,(H,18,21). The van der Waals surface area contributed by atoms with Crippen LogP contribution in [0.3, 0.4) is 0 Å². The van der Waals surface area contributed by atoms with Crippen LogP contribution in [0.5, 0.6) is 0 Å². The zero-order valence-corrected chi connectivity index (χ0v) is 14.3. The number of urea groups is 1. The molecule has 0 saturated carbocycles. The smallest absolute Gasteiger partial charge is 0.317 e. The third-order valence-electron chi connectivity index (χ3n) is 4.70. The number of aliphatic hydroxyl groups is 1. The van der Waals surface area contributed by atoms with E-state index in [9.17, 15) is 9.90 Å². The highest BCUT2D eigenvalue weighted by atomic mass is 16.3. The zero-order valence-electron chi connectivity index (χ0n) is 14.3. The summed E-state index contributed by atoms with van der Waals surface area (Å²) in [6.45, 7) is 10.4. The molecule has 0 radical (unpaired) electrons. The lowest BCUT2D eigenvalue weighted by atomic mass is 9.88. The van der Waals surface area contributed by atoms with E-state index in [1.807, 2.05) is 0 Å². The molecule has 2 N–H and O–H groups in total. The van der Waals surface area contributed by atoms with Crippen LogP contribution in [0.4, 0.5) is 4.79 Å². The van der Waals surface area contributed by atoms with Crippen LogP contribution >= 0.6 is 0 Å². The number of nitrogens with one attached hydrogen (secondary N) is 1. The van der Waals surface area contributed by atoms with Gasteiger partial charge in [0, 0.05) is 25.7 Å². The van der Waals surface area contributed by atoms with Gasteiger partial charge >= 0.3 is 6.03 Å². The molecule has 0 aromatic rings. The van der Waals surface area contributed by atoms with Crippen LogP contribution in [-0.4, -0.2) is 41.8 Å². The first kappa shape index (κ1) is 18.3. The largest absolute Gasteiger partial charge is 0.396 e. The van der Waals surface area contributed by atoms with Gasteiger partial charge in [-0.3, -0.25) is 0 Å². The Morgan fingerprint density at radius 1 is 1.43 bits per heavy atom. The number of carbonyl (C=O) groups excluding carboxylic acids is 1. The van der Waals surface area contributed by atoms with E-state index in [-0.39, 0.29) is 18.1 Å². The van der Waals surface area contributed by atoms with E-state index in [0.29, 0.717) is 18.5 Å². The molecule has 1 heterocycles. The highest BCUT2D eigenvalue weighted by Gasteiger charge is 2.30. The van der Waals surface area contributed by atoms with Crippen LogP contribution in [0.1, 0.15) is 66.2 Å². The molecule has 2 unspecified atom stereocenters. The van der Waals surface area contributed by atoms with Crippen LogP contribution in [0.2, 0.25) is 0 Å².